The van der Waals surface area contributed by atoms with Gasteiger partial charge in [0.25, 0.3) is 5.69 Å². The number of carbonyl (C=O) groups is 1. The highest BCUT2D eigenvalue weighted by molar-refractivity contribution is 5.78. The van der Waals surface area contributed by atoms with Crippen LogP contribution in [0.1, 0.15) is 45.4 Å². The van der Waals surface area contributed by atoms with Crippen LogP contribution in [0.4, 0.5) is 11.4 Å². The van der Waals surface area contributed by atoms with Crippen LogP contribution in [0, 0.1) is 16.0 Å². The van der Waals surface area contributed by atoms with E-state index in [9.17, 15) is 14.9 Å². The van der Waals surface area contributed by atoms with Crippen LogP contribution in [0.15, 0.2) is 24.3 Å². The van der Waals surface area contributed by atoms with Crippen molar-refractivity contribution < 1.29 is 9.72 Å². The molecule has 3 unspecified atom stereocenters. The second-order valence-corrected chi connectivity index (χ2v) is 6.95. The lowest BCUT2D eigenvalue weighted by Gasteiger charge is -2.33. The number of nitrogens with one attached hydrogen (secondary N) is 1. The SMILES string of the molecule is CC1CC2CCCCC2N1C(=O)CCNc1ccccc1[N+](=O)[O-]. The molecule has 1 saturated carbocycles. The van der Waals surface area contributed by atoms with Crippen LogP contribution in [0.3, 0.4) is 0 Å². The van der Waals surface area contributed by atoms with E-state index in [1.807, 2.05) is 0 Å². The Balaban J connectivity index is 1.57. The zero-order chi connectivity index (χ0) is 17.1. The maximum Gasteiger partial charge on any atom is 0.292 e. The van der Waals surface area contributed by atoms with E-state index in [0.717, 1.165) is 12.8 Å². The number of amides is 1. The van der Waals surface area contributed by atoms with Crippen LogP contribution in [0.2, 0.25) is 0 Å². The summed E-state index contributed by atoms with van der Waals surface area (Å²) in [6.07, 6.45) is 6.36. The smallest absolute Gasteiger partial charge is 0.292 e. The Morgan fingerprint density at radius 3 is 2.88 bits per heavy atom. The lowest BCUT2D eigenvalue weighted by atomic mass is 9.85. The Labute approximate surface area is 142 Å². The summed E-state index contributed by atoms with van der Waals surface area (Å²) in [7, 11) is 0. The van der Waals surface area contributed by atoms with Gasteiger partial charge in [-0.15, -0.1) is 0 Å². The van der Waals surface area contributed by atoms with Crippen LogP contribution in [0.25, 0.3) is 0 Å². The Hall–Kier alpha value is -2.11. The highest BCUT2D eigenvalue weighted by Crippen LogP contribution is 2.39. The van der Waals surface area contributed by atoms with Crippen LogP contribution < -0.4 is 5.32 Å². The second kappa shape index (κ2) is 7.20. The molecule has 1 heterocycles. The number of fused-ring (bicyclic) bond motifs is 1. The third kappa shape index (κ3) is 3.37. The monoisotopic (exact) mass is 331 g/mol. The number of hydrogen-bond donors (Lipinski definition) is 1. The van der Waals surface area contributed by atoms with Crippen LogP contribution in [-0.4, -0.2) is 34.4 Å². The minimum absolute atomic E-state index is 0.0480. The molecule has 0 spiro atoms. The summed E-state index contributed by atoms with van der Waals surface area (Å²) >= 11 is 0. The Morgan fingerprint density at radius 2 is 2.08 bits per heavy atom. The number of anilines is 1. The minimum atomic E-state index is -0.403. The van der Waals surface area contributed by atoms with Gasteiger partial charge in [-0.2, -0.15) is 0 Å². The van der Waals surface area contributed by atoms with Crippen molar-refractivity contribution in [2.75, 3.05) is 11.9 Å². The predicted octanol–water partition coefficient (Wildman–Crippen LogP) is 3.58. The van der Waals surface area contributed by atoms with Crippen molar-refractivity contribution in [3.8, 4) is 0 Å². The van der Waals surface area contributed by atoms with E-state index in [4.69, 9.17) is 0 Å². The van der Waals surface area contributed by atoms with E-state index in [2.05, 4.69) is 17.1 Å². The first kappa shape index (κ1) is 16.7. The molecule has 1 amide bonds. The fourth-order valence-corrected chi connectivity index (χ4v) is 4.35. The largest absolute Gasteiger partial charge is 0.379 e. The maximum absolute atomic E-state index is 12.7. The number of nitrogens with zero attached hydrogens (tertiary/aromatic N) is 2. The highest BCUT2D eigenvalue weighted by atomic mass is 16.6. The molecule has 6 nitrogen and oxygen atoms in total. The van der Waals surface area contributed by atoms with Crippen LogP contribution in [-0.2, 0) is 4.79 Å². The summed E-state index contributed by atoms with van der Waals surface area (Å²) in [6, 6.07) is 7.28. The Bertz CT molecular complexity index is 619. The third-order valence-electron chi connectivity index (χ3n) is 5.39. The summed E-state index contributed by atoms with van der Waals surface area (Å²) in [6.45, 7) is 2.57. The topological polar surface area (TPSA) is 75.5 Å². The molecular weight excluding hydrogens is 306 g/mol. The molecule has 0 radical (unpaired) electrons. The van der Waals surface area contributed by atoms with Gasteiger partial charge in [0.15, 0.2) is 0 Å². The fraction of sp³-hybridized carbons (Fsp3) is 0.611. The first-order chi connectivity index (χ1) is 11.6. The van der Waals surface area contributed by atoms with Crippen molar-refractivity contribution in [1.29, 1.82) is 0 Å². The number of hydrogen-bond acceptors (Lipinski definition) is 4. The van der Waals surface area contributed by atoms with Crippen molar-refractivity contribution in [2.45, 2.75) is 57.5 Å². The molecule has 0 aromatic heterocycles. The molecule has 3 atom stereocenters. The van der Waals surface area contributed by atoms with Gasteiger partial charge in [0, 0.05) is 31.1 Å². The normalized spacial score (nSPS) is 26.0. The van der Waals surface area contributed by atoms with Gasteiger partial charge in [-0.25, -0.2) is 0 Å². The predicted molar refractivity (Wildman–Crippen MR) is 92.9 cm³/mol. The molecule has 2 fully saturated rings. The van der Waals surface area contributed by atoms with Crippen LogP contribution in [0.5, 0.6) is 0 Å². The summed E-state index contributed by atoms with van der Waals surface area (Å²) in [5.74, 6) is 0.837. The van der Waals surface area contributed by atoms with Crippen molar-refractivity contribution in [3.05, 3.63) is 34.4 Å². The number of carbonyl (C=O) groups excluding carboxylic acids is 1. The molecule has 3 rings (SSSR count). The van der Waals surface area contributed by atoms with E-state index in [1.165, 1.54) is 25.3 Å². The first-order valence-electron chi connectivity index (χ1n) is 8.86. The lowest BCUT2D eigenvalue weighted by molar-refractivity contribution is -0.384. The molecule has 1 N–H and O–H groups in total. The van der Waals surface area contributed by atoms with E-state index < -0.39 is 4.92 Å². The summed E-state index contributed by atoms with van der Waals surface area (Å²) in [5.41, 5.74) is 0.521. The van der Waals surface area contributed by atoms with Crippen molar-refractivity contribution in [1.82, 2.24) is 4.90 Å². The van der Waals surface area contributed by atoms with E-state index in [-0.39, 0.29) is 11.6 Å². The average Bonchev–Trinajstić information content (AvgIpc) is 2.90. The van der Waals surface area contributed by atoms with E-state index >= 15 is 0 Å². The standard InChI is InChI=1S/C18H25N3O3/c1-13-12-14-6-2-4-8-16(14)20(13)18(22)10-11-19-15-7-3-5-9-17(15)21(23)24/h3,5,7,9,13-14,16,19H,2,4,6,8,10-12H2,1H3. The molecule has 2 aliphatic rings. The van der Waals surface area contributed by atoms with Crippen molar-refractivity contribution >= 4 is 17.3 Å². The number of para-hydroxylation sites is 2. The van der Waals surface area contributed by atoms with Gasteiger partial charge in [0.1, 0.15) is 5.69 Å². The zero-order valence-corrected chi connectivity index (χ0v) is 14.1. The summed E-state index contributed by atoms with van der Waals surface area (Å²) in [5, 5.41) is 14.1. The molecule has 1 aliphatic carbocycles. The van der Waals surface area contributed by atoms with E-state index in [0.29, 0.717) is 36.7 Å². The van der Waals surface area contributed by atoms with Crippen molar-refractivity contribution in [3.63, 3.8) is 0 Å². The maximum atomic E-state index is 12.7. The third-order valence-corrected chi connectivity index (χ3v) is 5.39. The number of rotatable bonds is 5. The molecule has 1 aromatic rings. The minimum Gasteiger partial charge on any atom is -0.379 e. The number of benzene rings is 1. The van der Waals surface area contributed by atoms with Crippen molar-refractivity contribution in [2.24, 2.45) is 5.92 Å². The molecule has 130 valence electrons. The van der Waals surface area contributed by atoms with Gasteiger partial charge in [-0.05, 0) is 38.2 Å². The highest BCUT2D eigenvalue weighted by Gasteiger charge is 2.41. The number of nitro groups is 1. The first-order valence-corrected chi connectivity index (χ1v) is 8.86. The quantitative estimate of drug-likeness (QED) is 0.661. The second-order valence-electron chi connectivity index (χ2n) is 6.95. The average molecular weight is 331 g/mol. The Kier molecular flexibility index (Phi) is 5.02. The van der Waals surface area contributed by atoms with Gasteiger partial charge in [0.2, 0.25) is 5.91 Å². The molecule has 1 aromatic carbocycles. The van der Waals surface area contributed by atoms with Crippen LogP contribution >= 0.6 is 0 Å². The van der Waals surface area contributed by atoms with Gasteiger partial charge < -0.3 is 10.2 Å². The zero-order valence-electron chi connectivity index (χ0n) is 14.1. The molecular formula is C18H25N3O3. The van der Waals surface area contributed by atoms with Gasteiger partial charge in [-0.3, -0.25) is 14.9 Å². The molecule has 1 saturated heterocycles. The molecule has 1 aliphatic heterocycles. The lowest BCUT2D eigenvalue weighted by Crippen LogP contribution is -2.42. The van der Waals surface area contributed by atoms with E-state index in [1.54, 1.807) is 18.2 Å². The van der Waals surface area contributed by atoms with Gasteiger partial charge in [0.05, 0.1) is 4.92 Å². The summed E-state index contributed by atoms with van der Waals surface area (Å²) in [4.78, 5) is 25.4. The van der Waals surface area contributed by atoms with Gasteiger partial charge >= 0.3 is 0 Å². The molecule has 0 bridgehead atoms. The number of nitro benzene ring substituents is 1. The molecule has 24 heavy (non-hydrogen) atoms. The number of likely N-dealkylation sites (tertiary alicyclic amines) is 1. The fourth-order valence-electron chi connectivity index (χ4n) is 4.35. The molecule has 6 heteroatoms. The van der Waals surface area contributed by atoms with Gasteiger partial charge in [-0.1, -0.05) is 25.0 Å². The summed E-state index contributed by atoms with van der Waals surface area (Å²) < 4.78 is 0. The Morgan fingerprint density at radius 1 is 1.33 bits per heavy atom.